The minimum absolute atomic E-state index is 0.0443. The van der Waals surface area contributed by atoms with Crippen LogP contribution in [-0.2, 0) is 14.3 Å². The standard InChI is InChI=1S/C16H19NO5/c1-10-8-17(9-14(22-10)16(19)20)15(18)12-6-7-21-13-5-3-2-4-11(12)13/h2-5,10,12,14H,6-9H2,1H3,(H,19,20)/t10-,12?,14?/m1/s1. The van der Waals surface area contributed by atoms with Crippen LogP contribution in [0, 0.1) is 0 Å². The number of rotatable bonds is 2. The van der Waals surface area contributed by atoms with Crippen molar-refractivity contribution < 1.29 is 24.2 Å². The van der Waals surface area contributed by atoms with Crippen LogP contribution in [0.5, 0.6) is 5.75 Å². The molecule has 3 rings (SSSR count). The number of aliphatic carboxylic acids is 1. The lowest BCUT2D eigenvalue weighted by Gasteiger charge is -2.37. The molecule has 0 spiro atoms. The van der Waals surface area contributed by atoms with E-state index in [1.165, 1.54) is 0 Å². The molecule has 118 valence electrons. The zero-order valence-corrected chi connectivity index (χ0v) is 12.4. The molecule has 2 aliphatic rings. The van der Waals surface area contributed by atoms with Gasteiger partial charge in [0.05, 0.1) is 25.2 Å². The summed E-state index contributed by atoms with van der Waals surface area (Å²) < 4.78 is 10.9. The van der Waals surface area contributed by atoms with Gasteiger partial charge in [0.25, 0.3) is 0 Å². The molecule has 22 heavy (non-hydrogen) atoms. The number of ether oxygens (including phenoxy) is 2. The lowest BCUT2D eigenvalue weighted by atomic mass is 9.91. The Balaban J connectivity index is 1.81. The summed E-state index contributed by atoms with van der Waals surface area (Å²) in [5.74, 6) is -0.609. The largest absolute Gasteiger partial charge is 0.493 e. The van der Waals surface area contributed by atoms with E-state index in [1.807, 2.05) is 24.3 Å². The van der Waals surface area contributed by atoms with Crippen molar-refractivity contribution in [1.82, 2.24) is 4.90 Å². The maximum atomic E-state index is 12.9. The van der Waals surface area contributed by atoms with Crippen LogP contribution in [0.25, 0.3) is 0 Å². The van der Waals surface area contributed by atoms with Crippen LogP contribution in [0.3, 0.4) is 0 Å². The Morgan fingerprint density at radius 3 is 2.82 bits per heavy atom. The average molecular weight is 305 g/mol. The van der Waals surface area contributed by atoms with E-state index in [9.17, 15) is 9.59 Å². The molecular formula is C16H19NO5. The van der Waals surface area contributed by atoms with Gasteiger partial charge >= 0.3 is 5.97 Å². The predicted molar refractivity (Wildman–Crippen MR) is 77.8 cm³/mol. The number of para-hydroxylation sites is 1. The number of carboxylic acid groups (broad SMARTS) is 1. The summed E-state index contributed by atoms with van der Waals surface area (Å²) in [6, 6.07) is 7.52. The Bertz CT molecular complexity index is 588. The van der Waals surface area contributed by atoms with E-state index >= 15 is 0 Å². The third-order valence-electron chi connectivity index (χ3n) is 4.10. The van der Waals surface area contributed by atoms with Crippen molar-refractivity contribution in [2.45, 2.75) is 31.5 Å². The molecule has 0 aromatic heterocycles. The number of benzene rings is 1. The van der Waals surface area contributed by atoms with Gasteiger partial charge in [-0.15, -0.1) is 0 Å². The first-order valence-corrected chi connectivity index (χ1v) is 7.45. The lowest BCUT2D eigenvalue weighted by Crippen LogP contribution is -2.53. The second-order valence-electron chi connectivity index (χ2n) is 5.74. The third-order valence-corrected chi connectivity index (χ3v) is 4.10. The van der Waals surface area contributed by atoms with E-state index in [2.05, 4.69) is 0 Å². The molecule has 0 saturated carbocycles. The maximum absolute atomic E-state index is 12.9. The second-order valence-corrected chi connectivity index (χ2v) is 5.74. The first-order chi connectivity index (χ1) is 10.6. The first kappa shape index (κ1) is 14.8. The number of fused-ring (bicyclic) bond motifs is 1. The molecule has 1 amide bonds. The van der Waals surface area contributed by atoms with E-state index in [4.69, 9.17) is 14.6 Å². The Morgan fingerprint density at radius 1 is 1.27 bits per heavy atom. The molecular weight excluding hydrogens is 286 g/mol. The van der Waals surface area contributed by atoms with Gasteiger partial charge in [-0.1, -0.05) is 18.2 Å². The van der Waals surface area contributed by atoms with E-state index in [0.717, 1.165) is 11.3 Å². The highest BCUT2D eigenvalue weighted by Gasteiger charge is 2.37. The second kappa shape index (κ2) is 5.96. The van der Waals surface area contributed by atoms with Crippen molar-refractivity contribution in [1.29, 1.82) is 0 Å². The number of nitrogens with zero attached hydrogens (tertiary/aromatic N) is 1. The molecule has 1 aromatic rings. The third kappa shape index (κ3) is 2.78. The molecule has 3 atom stereocenters. The molecule has 0 aliphatic carbocycles. The van der Waals surface area contributed by atoms with Gasteiger partial charge in [-0.25, -0.2) is 4.79 Å². The van der Waals surface area contributed by atoms with E-state index in [1.54, 1.807) is 11.8 Å². The highest BCUT2D eigenvalue weighted by molar-refractivity contribution is 5.85. The van der Waals surface area contributed by atoms with Gasteiger partial charge in [-0.3, -0.25) is 4.79 Å². The molecule has 1 N–H and O–H groups in total. The number of carboxylic acids is 1. The van der Waals surface area contributed by atoms with Gasteiger partial charge in [0.15, 0.2) is 6.10 Å². The average Bonchev–Trinajstić information content (AvgIpc) is 2.53. The summed E-state index contributed by atoms with van der Waals surface area (Å²) in [5.41, 5.74) is 0.879. The molecule has 2 heterocycles. The molecule has 6 heteroatoms. The molecule has 1 fully saturated rings. The fourth-order valence-corrected chi connectivity index (χ4v) is 3.09. The fraction of sp³-hybridized carbons (Fsp3) is 0.500. The van der Waals surface area contributed by atoms with Crippen molar-refractivity contribution in [3.8, 4) is 5.75 Å². The van der Waals surface area contributed by atoms with E-state index in [0.29, 0.717) is 19.6 Å². The normalized spacial score (nSPS) is 27.7. The van der Waals surface area contributed by atoms with Gasteiger partial charge in [0.2, 0.25) is 5.91 Å². The van der Waals surface area contributed by atoms with Gasteiger partial charge in [-0.05, 0) is 19.4 Å². The predicted octanol–water partition coefficient (Wildman–Crippen LogP) is 1.25. The van der Waals surface area contributed by atoms with Crippen LogP contribution in [0.15, 0.2) is 24.3 Å². The molecule has 1 saturated heterocycles. The van der Waals surface area contributed by atoms with Gasteiger partial charge in [-0.2, -0.15) is 0 Å². The van der Waals surface area contributed by atoms with Gasteiger partial charge in [0, 0.05) is 12.1 Å². The summed E-state index contributed by atoms with van der Waals surface area (Å²) in [5, 5.41) is 9.14. The highest BCUT2D eigenvalue weighted by atomic mass is 16.5. The summed E-state index contributed by atoms with van der Waals surface area (Å²) in [6.45, 7) is 2.79. The number of carbonyl (C=O) groups excluding carboxylic acids is 1. The lowest BCUT2D eigenvalue weighted by molar-refractivity contribution is -0.167. The van der Waals surface area contributed by atoms with Crippen LogP contribution in [-0.4, -0.2) is 53.8 Å². The minimum atomic E-state index is -1.03. The number of hydrogen-bond acceptors (Lipinski definition) is 4. The van der Waals surface area contributed by atoms with Crippen LogP contribution in [0.4, 0.5) is 0 Å². The van der Waals surface area contributed by atoms with Crippen LogP contribution < -0.4 is 4.74 Å². The Kier molecular flexibility index (Phi) is 4.02. The van der Waals surface area contributed by atoms with Gasteiger partial charge < -0.3 is 19.5 Å². The monoisotopic (exact) mass is 305 g/mol. The van der Waals surface area contributed by atoms with Crippen molar-refractivity contribution in [3.05, 3.63) is 29.8 Å². The number of amides is 1. The van der Waals surface area contributed by atoms with Crippen LogP contribution in [0.1, 0.15) is 24.8 Å². The van der Waals surface area contributed by atoms with Crippen LogP contribution >= 0.6 is 0 Å². The quantitative estimate of drug-likeness (QED) is 0.890. The van der Waals surface area contributed by atoms with Crippen molar-refractivity contribution in [2.75, 3.05) is 19.7 Å². The molecule has 2 aliphatic heterocycles. The smallest absolute Gasteiger partial charge is 0.334 e. The number of hydrogen-bond donors (Lipinski definition) is 1. The van der Waals surface area contributed by atoms with Crippen molar-refractivity contribution >= 4 is 11.9 Å². The molecule has 2 unspecified atom stereocenters. The van der Waals surface area contributed by atoms with Crippen molar-refractivity contribution in [2.24, 2.45) is 0 Å². The topological polar surface area (TPSA) is 76.1 Å². The first-order valence-electron chi connectivity index (χ1n) is 7.45. The van der Waals surface area contributed by atoms with Crippen molar-refractivity contribution in [3.63, 3.8) is 0 Å². The zero-order valence-electron chi connectivity index (χ0n) is 12.4. The molecule has 1 aromatic carbocycles. The molecule has 0 radical (unpaired) electrons. The maximum Gasteiger partial charge on any atom is 0.334 e. The number of carbonyl (C=O) groups is 2. The summed E-state index contributed by atoms with van der Waals surface area (Å²) in [7, 11) is 0. The van der Waals surface area contributed by atoms with E-state index < -0.39 is 12.1 Å². The number of morpholine rings is 1. The fourth-order valence-electron chi connectivity index (χ4n) is 3.09. The SMILES string of the molecule is C[C@@H]1CN(C(=O)C2CCOc3ccccc32)CC(C(=O)O)O1. The Labute approximate surface area is 128 Å². The van der Waals surface area contributed by atoms with Crippen LogP contribution in [0.2, 0.25) is 0 Å². The molecule has 6 nitrogen and oxygen atoms in total. The summed E-state index contributed by atoms with van der Waals surface area (Å²) >= 11 is 0. The highest BCUT2D eigenvalue weighted by Crippen LogP contribution is 2.35. The van der Waals surface area contributed by atoms with E-state index in [-0.39, 0.29) is 24.5 Å². The Morgan fingerprint density at radius 2 is 2.05 bits per heavy atom. The minimum Gasteiger partial charge on any atom is -0.493 e. The Hall–Kier alpha value is -2.08. The summed E-state index contributed by atoms with van der Waals surface area (Å²) in [6.07, 6.45) is -0.629. The zero-order chi connectivity index (χ0) is 15.7. The summed E-state index contributed by atoms with van der Waals surface area (Å²) in [4.78, 5) is 25.6. The molecule has 0 bridgehead atoms. The van der Waals surface area contributed by atoms with Gasteiger partial charge in [0.1, 0.15) is 5.75 Å².